The summed E-state index contributed by atoms with van der Waals surface area (Å²) in [6, 6.07) is 7.77. The average Bonchev–Trinajstić information content (AvgIpc) is 2.21. The fraction of sp³-hybridized carbons (Fsp3) is 0.182. The molecule has 0 N–H and O–H groups in total. The molecule has 0 aliphatic heterocycles. The van der Waals surface area contributed by atoms with Gasteiger partial charge in [-0.05, 0) is 36.3 Å². The van der Waals surface area contributed by atoms with E-state index in [0.29, 0.717) is 5.88 Å². The zero-order valence-electron chi connectivity index (χ0n) is 7.61. The normalized spacial score (nSPS) is 10.1. The van der Waals surface area contributed by atoms with Gasteiger partial charge in [-0.3, -0.25) is 0 Å². The number of nitrogens with zero attached hydrogens (tertiary/aromatic N) is 1. The molecule has 0 unspecified atom stereocenters. The smallest absolute Gasteiger partial charge is 0.0739 e. The first kappa shape index (κ1) is 11.1. The summed E-state index contributed by atoms with van der Waals surface area (Å²) < 4.78 is 0. The minimum atomic E-state index is 0.657. The number of benzene rings is 1. The summed E-state index contributed by atoms with van der Waals surface area (Å²) in [7, 11) is 0. The molecule has 0 atom stereocenters. The van der Waals surface area contributed by atoms with Crippen LogP contribution in [0.4, 0.5) is 5.69 Å². The van der Waals surface area contributed by atoms with Gasteiger partial charge >= 0.3 is 0 Å². The van der Waals surface area contributed by atoms with Gasteiger partial charge in [-0.25, -0.2) is 0 Å². The summed E-state index contributed by atoms with van der Waals surface area (Å²) in [6.45, 7) is 0. The number of allylic oxidation sites excluding steroid dienone is 1. The Bertz CT molecular complexity index is 350. The highest BCUT2D eigenvalue weighted by Crippen LogP contribution is 2.13. The lowest BCUT2D eigenvalue weighted by atomic mass is 10.2. The molecule has 0 aliphatic rings. The van der Waals surface area contributed by atoms with Crippen LogP contribution in [0.15, 0.2) is 35.3 Å². The predicted molar refractivity (Wildman–Crippen MR) is 65.5 cm³/mol. The van der Waals surface area contributed by atoms with Crippen molar-refractivity contribution < 1.29 is 0 Å². The summed E-state index contributed by atoms with van der Waals surface area (Å²) in [5.41, 5.74) is 1.97. The Morgan fingerprint density at radius 1 is 1.36 bits per heavy atom. The maximum atomic E-state index is 5.55. The van der Waals surface area contributed by atoms with Crippen LogP contribution in [0.25, 0.3) is 6.08 Å². The highest BCUT2D eigenvalue weighted by atomic mass is 35.5. The molecule has 0 amide bonds. The van der Waals surface area contributed by atoms with Gasteiger partial charge in [0.25, 0.3) is 0 Å². The molecule has 1 nitrogen and oxygen atoms in total. The summed E-state index contributed by atoms with van der Waals surface area (Å²) in [5, 5.41) is 2.33. The first-order chi connectivity index (χ1) is 6.86. The lowest BCUT2D eigenvalue weighted by Gasteiger charge is -1.93. The topological polar surface area (TPSA) is 12.4 Å². The van der Waals surface area contributed by atoms with Crippen LogP contribution >= 0.6 is 23.8 Å². The Morgan fingerprint density at radius 2 is 2.07 bits per heavy atom. The molecule has 1 rings (SSSR count). The number of hydrogen-bond acceptors (Lipinski definition) is 2. The lowest BCUT2D eigenvalue weighted by Crippen LogP contribution is -1.71. The monoisotopic (exact) mass is 223 g/mol. The van der Waals surface area contributed by atoms with Gasteiger partial charge in [0.15, 0.2) is 0 Å². The van der Waals surface area contributed by atoms with Gasteiger partial charge in [0.1, 0.15) is 0 Å². The third-order valence-electron chi connectivity index (χ3n) is 1.65. The van der Waals surface area contributed by atoms with E-state index in [0.717, 1.165) is 17.7 Å². The molecular weight excluding hydrogens is 214 g/mol. The van der Waals surface area contributed by atoms with E-state index in [4.69, 9.17) is 11.6 Å². The van der Waals surface area contributed by atoms with Gasteiger partial charge in [0.2, 0.25) is 0 Å². The minimum Gasteiger partial charge on any atom is -0.195 e. The zero-order chi connectivity index (χ0) is 10.2. The summed E-state index contributed by atoms with van der Waals surface area (Å²) >= 11 is 10.1. The van der Waals surface area contributed by atoms with Crippen LogP contribution in [0.1, 0.15) is 12.0 Å². The Kier molecular flexibility index (Phi) is 5.16. The van der Waals surface area contributed by atoms with Crippen molar-refractivity contribution >= 4 is 40.7 Å². The molecule has 0 saturated heterocycles. The molecule has 0 saturated carbocycles. The van der Waals surface area contributed by atoms with E-state index >= 15 is 0 Å². The van der Waals surface area contributed by atoms with Crippen molar-refractivity contribution in [1.29, 1.82) is 0 Å². The van der Waals surface area contributed by atoms with Gasteiger partial charge in [0.05, 0.1) is 10.8 Å². The van der Waals surface area contributed by atoms with E-state index in [1.165, 1.54) is 0 Å². The number of hydrogen-bond donors (Lipinski definition) is 0. The van der Waals surface area contributed by atoms with Crippen molar-refractivity contribution in [2.75, 3.05) is 5.88 Å². The predicted octanol–water partition coefficient (Wildman–Crippen LogP) is 4.06. The number of rotatable bonds is 4. The van der Waals surface area contributed by atoms with E-state index in [1.807, 2.05) is 36.4 Å². The maximum Gasteiger partial charge on any atom is 0.0739 e. The molecule has 0 bridgehead atoms. The Balaban J connectivity index is 2.68. The largest absolute Gasteiger partial charge is 0.195 e. The molecule has 14 heavy (non-hydrogen) atoms. The third kappa shape index (κ3) is 3.84. The summed E-state index contributed by atoms with van der Waals surface area (Å²) in [4.78, 5) is 3.86. The van der Waals surface area contributed by atoms with Crippen LogP contribution < -0.4 is 0 Å². The van der Waals surface area contributed by atoms with Crippen LogP contribution in [0, 0.1) is 0 Å². The average molecular weight is 224 g/mol. The molecule has 0 fully saturated rings. The highest BCUT2D eigenvalue weighted by Gasteiger charge is 1.88. The molecule has 0 spiro atoms. The number of alkyl halides is 1. The quantitative estimate of drug-likeness (QED) is 0.426. The van der Waals surface area contributed by atoms with Gasteiger partial charge in [-0.15, -0.1) is 11.6 Å². The number of thiocarbonyl (C=S) groups is 1. The fourth-order valence-corrected chi connectivity index (χ4v) is 1.23. The van der Waals surface area contributed by atoms with E-state index < -0.39 is 0 Å². The van der Waals surface area contributed by atoms with E-state index in [-0.39, 0.29) is 0 Å². The van der Waals surface area contributed by atoms with Gasteiger partial charge in [-0.2, -0.15) is 4.99 Å². The molecular formula is C11H10ClNS. The fourth-order valence-electron chi connectivity index (χ4n) is 0.995. The van der Waals surface area contributed by atoms with Gasteiger partial charge < -0.3 is 0 Å². The SMILES string of the molecule is S=C=Nc1ccc(C=CCCCl)cc1. The van der Waals surface area contributed by atoms with Crippen molar-refractivity contribution in [3.05, 3.63) is 35.9 Å². The van der Waals surface area contributed by atoms with Crippen molar-refractivity contribution in [2.45, 2.75) is 6.42 Å². The van der Waals surface area contributed by atoms with E-state index in [2.05, 4.69) is 22.4 Å². The number of isothiocyanates is 1. The first-order valence-electron chi connectivity index (χ1n) is 4.27. The first-order valence-corrected chi connectivity index (χ1v) is 5.21. The second-order valence-electron chi connectivity index (χ2n) is 2.67. The van der Waals surface area contributed by atoms with E-state index in [9.17, 15) is 0 Å². The standard InChI is InChI=1S/C11H10ClNS/c12-8-2-1-3-10-4-6-11(7-5-10)13-9-14/h1,3-7H,2,8H2. The second-order valence-corrected chi connectivity index (χ2v) is 3.24. The second kappa shape index (κ2) is 6.50. The molecule has 0 aliphatic carbocycles. The molecule has 1 aromatic rings. The Labute approximate surface area is 94.1 Å². The van der Waals surface area contributed by atoms with Crippen LogP contribution in [0.2, 0.25) is 0 Å². The van der Waals surface area contributed by atoms with Crippen LogP contribution in [0.3, 0.4) is 0 Å². The number of halogens is 1. The molecule has 0 heterocycles. The van der Waals surface area contributed by atoms with Crippen molar-refractivity contribution in [3.8, 4) is 0 Å². The van der Waals surface area contributed by atoms with E-state index in [1.54, 1.807) is 0 Å². The van der Waals surface area contributed by atoms with Crippen LogP contribution in [-0.4, -0.2) is 11.0 Å². The van der Waals surface area contributed by atoms with Gasteiger partial charge in [0, 0.05) is 5.88 Å². The number of aliphatic imine (C=N–C) groups is 1. The van der Waals surface area contributed by atoms with Crippen molar-refractivity contribution in [2.24, 2.45) is 4.99 Å². The summed E-state index contributed by atoms with van der Waals surface area (Å²) in [6.07, 6.45) is 4.97. The Hall–Kier alpha value is -0.950. The van der Waals surface area contributed by atoms with Crippen molar-refractivity contribution in [1.82, 2.24) is 0 Å². The maximum absolute atomic E-state index is 5.55. The molecule has 0 radical (unpaired) electrons. The lowest BCUT2D eigenvalue weighted by molar-refractivity contribution is 1.24. The molecule has 3 heteroatoms. The Morgan fingerprint density at radius 3 is 2.64 bits per heavy atom. The van der Waals surface area contributed by atoms with Crippen LogP contribution in [-0.2, 0) is 0 Å². The summed E-state index contributed by atoms with van der Waals surface area (Å²) in [5.74, 6) is 0.657. The van der Waals surface area contributed by atoms with Gasteiger partial charge in [-0.1, -0.05) is 24.3 Å². The van der Waals surface area contributed by atoms with Crippen molar-refractivity contribution in [3.63, 3.8) is 0 Å². The molecule has 0 aromatic heterocycles. The molecule has 1 aromatic carbocycles. The van der Waals surface area contributed by atoms with Crippen LogP contribution in [0.5, 0.6) is 0 Å². The third-order valence-corrected chi connectivity index (χ3v) is 1.96. The molecule has 72 valence electrons. The highest BCUT2D eigenvalue weighted by molar-refractivity contribution is 7.78. The zero-order valence-corrected chi connectivity index (χ0v) is 9.18. The minimum absolute atomic E-state index is 0.657.